The summed E-state index contributed by atoms with van der Waals surface area (Å²) >= 11 is 0. The van der Waals surface area contributed by atoms with E-state index in [9.17, 15) is 4.79 Å². The lowest BCUT2D eigenvalue weighted by molar-refractivity contribution is 0.0993. The minimum Gasteiger partial charge on any atom is -0.310 e. The zero-order valence-electron chi connectivity index (χ0n) is 11.8. The molecule has 0 aliphatic carbocycles. The fraction of sp³-hybridized carbons (Fsp3) is 0.176. The first-order valence-corrected chi connectivity index (χ1v) is 6.38. The van der Waals surface area contributed by atoms with E-state index in [4.69, 9.17) is 5.26 Å². The highest BCUT2D eigenvalue weighted by Gasteiger charge is 2.16. The first-order chi connectivity index (χ1) is 9.52. The van der Waals surface area contributed by atoms with Crippen molar-refractivity contribution in [2.75, 3.05) is 11.9 Å². The Morgan fingerprint density at radius 2 is 1.70 bits per heavy atom. The Kier molecular flexibility index (Phi) is 3.86. The number of amides is 1. The van der Waals surface area contributed by atoms with Crippen LogP contribution in [0.2, 0.25) is 0 Å². The highest BCUT2D eigenvalue weighted by Crippen LogP contribution is 2.21. The highest BCUT2D eigenvalue weighted by atomic mass is 16.2. The predicted molar refractivity (Wildman–Crippen MR) is 79.8 cm³/mol. The van der Waals surface area contributed by atoms with Crippen molar-refractivity contribution in [3.05, 3.63) is 64.7 Å². The molecule has 3 heteroatoms. The summed E-state index contributed by atoms with van der Waals surface area (Å²) < 4.78 is 0. The third-order valence-electron chi connectivity index (χ3n) is 3.16. The summed E-state index contributed by atoms with van der Waals surface area (Å²) in [6, 6.07) is 15.0. The number of nitriles is 1. The highest BCUT2D eigenvalue weighted by molar-refractivity contribution is 6.06. The van der Waals surface area contributed by atoms with Gasteiger partial charge in [0.25, 0.3) is 5.91 Å². The SMILES string of the molecule is Cc1cc(C)cc(C(=O)N(C)c2ccccc2C#N)c1. The van der Waals surface area contributed by atoms with E-state index in [1.807, 2.05) is 38.1 Å². The number of carbonyl (C=O) groups excluding carboxylic acids is 1. The minimum atomic E-state index is -0.112. The molecule has 0 aliphatic rings. The van der Waals surface area contributed by atoms with Gasteiger partial charge in [-0.3, -0.25) is 4.79 Å². The van der Waals surface area contributed by atoms with Gasteiger partial charge >= 0.3 is 0 Å². The third-order valence-corrected chi connectivity index (χ3v) is 3.16. The van der Waals surface area contributed by atoms with Crippen molar-refractivity contribution in [3.8, 4) is 6.07 Å². The van der Waals surface area contributed by atoms with Crippen LogP contribution < -0.4 is 4.90 Å². The lowest BCUT2D eigenvalue weighted by atomic mass is 10.1. The van der Waals surface area contributed by atoms with Crippen LogP contribution in [0.1, 0.15) is 27.0 Å². The lowest BCUT2D eigenvalue weighted by Crippen LogP contribution is -2.27. The first kappa shape index (κ1) is 13.8. The number of para-hydroxylation sites is 1. The Morgan fingerprint density at radius 1 is 1.10 bits per heavy atom. The number of aryl methyl sites for hydroxylation is 2. The number of rotatable bonds is 2. The normalized spacial score (nSPS) is 9.90. The van der Waals surface area contributed by atoms with Crippen LogP contribution in [-0.2, 0) is 0 Å². The number of hydrogen-bond acceptors (Lipinski definition) is 2. The van der Waals surface area contributed by atoms with E-state index in [1.54, 1.807) is 25.2 Å². The maximum absolute atomic E-state index is 12.5. The third kappa shape index (κ3) is 2.70. The summed E-state index contributed by atoms with van der Waals surface area (Å²) in [5.74, 6) is -0.112. The average molecular weight is 264 g/mol. The molecule has 0 atom stereocenters. The van der Waals surface area contributed by atoms with Gasteiger partial charge in [0.1, 0.15) is 6.07 Å². The number of hydrogen-bond donors (Lipinski definition) is 0. The smallest absolute Gasteiger partial charge is 0.258 e. The predicted octanol–water partition coefficient (Wildman–Crippen LogP) is 3.45. The molecular formula is C17H16N2O. The summed E-state index contributed by atoms with van der Waals surface area (Å²) in [6.45, 7) is 3.93. The van der Waals surface area contributed by atoms with Gasteiger partial charge in [-0.2, -0.15) is 5.26 Å². The van der Waals surface area contributed by atoms with E-state index >= 15 is 0 Å². The quantitative estimate of drug-likeness (QED) is 0.833. The first-order valence-electron chi connectivity index (χ1n) is 6.38. The van der Waals surface area contributed by atoms with Crippen LogP contribution in [0.5, 0.6) is 0 Å². The molecular weight excluding hydrogens is 248 g/mol. The molecule has 0 radical (unpaired) electrons. The largest absolute Gasteiger partial charge is 0.310 e. The summed E-state index contributed by atoms with van der Waals surface area (Å²) in [7, 11) is 1.69. The summed E-state index contributed by atoms with van der Waals surface area (Å²) in [5, 5.41) is 9.12. The molecule has 0 aliphatic heterocycles. The van der Waals surface area contributed by atoms with E-state index in [0.29, 0.717) is 16.8 Å². The molecule has 0 N–H and O–H groups in total. The van der Waals surface area contributed by atoms with Crippen LogP contribution in [-0.4, -0.2) is 13.0 Å². The monoisotopic (exact) mass is 264 g/mol. The van der Waals surface area contributed by atoms with Crippen molar-refractivity contribution in [2.24, 2.45) is 0 Å². The summed E-state index contributed by atoms with van der Waals surface area (Å²) in [5.41, 5.74) is 3.86. The van der Waals surface area contributed by atoms with Crippen LogP contribution in [0.4, 0.5) is 5.69 Å². The standard InChI is InChI=1S/C17H16N2O/c1-12-8-13(2)10-15(9-12)17(20)19(3)16-7-5-4-6-14(16)11-18/h4-10H,1-3H3. The Labute approximate surface area is 119 Å². The van der Waals surface area contributed by atoms with Gasteiger partial charge in [0, 0.05) is 12.6 Å². The van der Waals surface area contributed by atoms with Gasteiger partial charge in [0.15, 0.2) is 0 Å². The van der Waals surface area contributed by atoms with Crippen molar-refractivity contribution in [2.45, 2.75) is 13.8 Å². The Balaban J connectivity index is 2.40. The fourth-order valence-electron chi connectivity index (χ4n) is 2.26. The van der Waals surface area contributed by atoms with Crippen molar-refractivity contribution in [1.82, 2.24) is 0 Å². The number of anilines is 1. The van der Waals surface area contributed by atoms with Crippen molar-refractivity contribution in [1.29, 1.82) is 5.26 Å². The van der Waals surface area contributed by atoms with Gasteiger partial charge in [-0.05, 0) is 38.1 Å². The molecule has 1 amide bonds. The van der Waals surface area contributed by atoms with Gasteiger partial charge in [-0.15, -0.1) is 0 Å². The van der Waals surface area contributed by atoms with Crippen LogP contribution in [0, 0.1) is 25.2 Å². The van der Waals surface area contributed by atoms with Crippen LogP contribution in [0.3, 0.4) is 0 Å². The Bertz CT molecular complexity index is 678. The summed E-state index contributed by atoms with van der Waals surface area (Å²) in [6.07, 6.45) is 0. The maximum atomic E-state index is 12.5. The number of benzene rings is 2. The maximum Gasteiger partial charge on any atom is 0.258 e. The van der Waals surface area contributed by atoms with E-state index in [-0.39, 0.29) is 5.91 Å². The fourth-order valence-corrected chi connectivity index (χ4v) is 2.26. The molecule has 0 aromatic heterocycles. The molecule has 0 unspecified atom stereocenters. The second kappa shape index (κ2) is 5.58. The molecule has 2 aromatic carbocycles. The molecule has 0 fully saturated rings. The molecule has 0 spiro atoms. The van der Waals surface area contributed by atoms with Gasteiger partial charge in [0.2, 0.25) is 0 Å². The van der Waals surface area contributed by atoms with Crippen molar-refractivity contribution < 1.29 is 4.79 Å². The van der Waals surface area contributed by atoms with Gasteiger partial charge in [-0.25, -0.2) is 0 Å². The van der Waals surface area contributed by atoms with Crippen LogP contribution >= 0.6 is 0 Å². The molecule has 0 bridgehead atoms. The second-order valence-corrected chi connectivity index (χ2v) is 4.87. The van der Waals surface area contributed by atoms with Gasteiger partial charge < -0.3 is 4.90 Å². The summed E-state index contributed by atoms with van der Waals surface area (Å²) in [4.78, 5) is 14.1. The molecule has 20 heavy (non-hydrogen) atoms. The van der Waals surface area contributed by atoms with Crippen LogP contribution in [0.25, 0.3) is 0 Å². The van der Waals surface area contributed by atoms with E-state index < -0.39 is 0 Å². The molecule has 2 aromatic rings. The Hall–Kier alpha value is -2.60. The second-order valence-electron chi connectivity index (χ2n) is 4.87. The molecule has 3 nitrogen and oxygen atoms in total. The molecule has 100 valence electrons. The van der Waals surface area contributed by atoms with E-state index in [2.05, 4.69) is 6.07 Å². The zero-order valence-corrected chi connectivity index (χ0v) is 11.8. The zero-order chi connectivity index (χ0) is 14.7. The molecule has 0 saturated heterocycles. The molecule has 0 saturated carbocycles. The topological polar surface area (TPSA) is 44.1 Å². The average Bonchev–Trinajstić information content (AvgIpc) is 2.44. The van der Waals surface area contributed by atoms with Crippen molar-refractivity contribution in [3.63, 3.8) is 0 Å². The van der Waals surface area contributed by atoms with E-state index in [1.165, 1.54) is 4.90 Å². The Morgan fingerprint density at radius 3 is 2.30 bits per heavy atom. The molecule has 0 heterocycles. The number of nitrogens with zero attached hydrogens (tertiary/aromatic N) is 2. The number of carbonyl (C=O) groups is 1. The van der Waals surface area contributed by atoms with Crippen LogP contribution in [0.15, 0.2) is 42.5 Å². The van der Waals surface area contributed by atoms with Gasteiger partial charge in [0.05, 0.1) is 11.3 Å². The van der Waals surface area contributed by atoms with E-state index in [0.717, 1.165) is 11.1 Å². The lowest BCUT2D eigenvalue weighted by Gasteiger charge is -2.19. The van der Waals surface area contributed by atoms with Gasteiger partial charge in [-0.1, -0.05) is 29.3 Å². The molecule has 2 rings (SSSR count). The van der Waals surface area contributed by atoms with Crippen molar-refractivity contribution >= 4 is 11.6 Å². The minimum absolute atomic E-state index is 0.112.